The largest absolute Gasteiger partial charge is 0.494 e. The van der Waals surface area contributed by atoms with Crippen molar-refractivity contribution in [2.45, 2.75) is 39.8 Å². The standard InChI is InChI=1S/C22H29N3O3/c1-16(2)25-22(27)24-15-18-8-10-19(11-9-18)21(26)23-12-5-13-28-20-7-4-6-17(3)14-20/h4,6-11,14,16H,5,12-13,15H2,1-3H3,(H,23,26)(H2,24,25,27). The lowest BCUT2D eigenvalue weighted by atomic mass is 10.1. The van der Waals surface area contributed by atoms with Gasteiger partial charge in [-0.2, -0.15) is 0 Å². The molecule has 0 saturated carbocycles. The number of rotatable bonds is 9. The minimum Gasteiger partial charge on any atom is -0.494 e. The van der Waals surface area contributed by atoms with E-state index in [1.807, 2.05) is 57.2 Å². The molecule has 6 nitrogen and oxygen atoms in total. The molecule has 0 saturated heterocycles. The number of nitrogens with one attached hydrogen (secondary N) is 3. The Hall–Kier alpha value is -3.02. The van der Waals surface area contributed by atoms with Gasteiger partial charge in [0.05, 0.1) is 6.61 Å². The van der Waals surface area contributed by atoms with Crippen LogP contribution in [0, 0.1) is 6.92 Å². The van der Waals surface area contributed by atoms with E-state index in [1.165, 1.54) is 0 Å². The van der Waals surface area contributed by atoms with Gasteiger partial charge in [-0.25, -0.2) is 4.79 Å². The van der Waals surface area contributed by atoms with E-state index >= 15 is 0 Å². The summed E-state index contributed by atoms with van der Waals surface area (Å²) < 4.78 is 5.67. The van der Waals surface area contributed by atoms with E-state index in [9.17, 15) is 9.59 Å². The smallest absolute Gasteiger partial charge is 0.315 e. The average molecular weight is 383 g/mol. The molecule has 0 radical (unpaired) electrons. The number of amides is 3. The molecule has 0 unspecified atom stereocenters. The highest BCUT2D eigenvalue weighted by Gasteiger charge is 2.06. The maximum Gasteiger partial charge on any atom is 0.315 e. The molecule has 0 heterocycles. The Kier molecular flexibility index (Phi) is 8.34. The van der Waals surface area contributed by atoms with Gasteiger partial charge in [0.1, 0.15) is 5.75 Å². The van der Waals surface area contributed by atoms with E-state index in [1.54, 1.807) is 12.1 Å². The molecule has 0 aliphatic carbocycles. The summed E-state index contributed by atoms with van der Waals surface area (Å²) in [6.07, 6.45) is 0.729. The van der Waals surface area contributed by atoms with E-state index < -0.39 is 0 Å². The Bertz CT molecular complexity index is 773. The zero-order chi connectivity index (χ0) is 20.4. The van der Waals surface area contributed by atoms with Crippen LogP contribution in [0.5, 0.6) is 5.75 Å². The van der Waals surface area contributed by atoms with Crippen LogP contribution < -0.4 is 20.7 Å². The van der Waals surface area contributed by atoms with Crippen molar-refractivity contribution < 1.29 is 14.3 Å². The van der Waals surface area contributed by atoms with E-state index in [4.69, 9.17) is 4.74 Å². The lowest BCUT2D eigenvalue weighted by Gasteiger charge is -2.10. The summed E-state index contributed by atoms with van der Waals surface area (Å²) in [6.45, 7) is 7.34. The molecule has 2 aromatic rings. The first kappa shape index (κ1) is 21.3. The number of carbonyl (C=O) groups excluding carboxylic acids is 2. The Labute approximate surface area is 166 Å². The van der Waals surface area contributed by atoms with E-state index in [-0.39, 0.29) is 18.0 Å². The van der Waals surface area contributed by atoms with Crippen LogP contribution in [-0.4, -0.2) is 31.1 Å². The monoisotopic (exact) mass is 383 g/mol. The van der Waals surface area contributed by atoms with Crippen LogP contribution >= 0.6 is 0 Å². The highest BCUT2D eigenvalue weighted by Crippen LogP contribution is 2.12. The molecule has 3 amide bonds. The Morgan fingerprint density at radius 1 is 1.04 bits per heavy atom. The molecule has 3 N–H and O–H groups in total. The number of carbonyl (C=O) groups is 2. The molecule has 28 heavy (non-hydrogen) atoms. The molecule has 0 aliphatic rings. The van der Waals surface area contributed by atoms with Crippen molar-refractivity contribution in [2.75, 3.05) is 13.2 Å². The first-order valence-electron chi connectivity index (χ1n) is 9.55. The fraction of sp³-hybridized carbons (Fsp3) is 0.364. The second-order valence-corrected chi connectivity index (χ2v) is 6.95. The second-order valence-electron chi connectivity index (χ2n) is 6.95. The molecule has 6 heteroatoms. The highest BCUT2D eigenvalue weighted by molar-refractivity contribution is 5.94. The summed E-state index contributed by atoms with van der Waals surface area (Å²) in [5.74, 6) is 0.727. The summed E-state index contributed by atoms with van der Waals surface area (Å²) in [5, 5.41) is 8.43. The molecule has 0 aliphatic heterocycles. The molecule has 2 rings (SSSR count). The number of ether oxygens (including phenoxy) is 1. The van der Waals surface area contributed by atoms with Gasteiger partial charge in [-0.1, -0.05) is 24.3 Å². The first-order valence-corrected chi connectivity index (χ1v) is 9.55. The molecule has 0 atom stereocenters. The van der Waals surface area contributed by atoms with E-state index in [2.05, 4.69) is 16.0 Å². The van der Waals surface area contributed by atoms with E-state index in [0.29, 0.717) is 25.3 Å². The van der Waals surface area contributed by atoms with Crippen LogP contribution in [0.2, 0.25) is 0 Å². The number of hydrogen-bond acceptors (Lipinski definition) is 3. The van der Waals surface area contributed by atoms with Crippen molar-refractivity contribution in [2.24, 2.45) is 0 Å². The van der Waals surface area contributed by atoms with Crippen LogP contribution in [0.25, 0.3) is 0 Å². The fourth-order valence-corrected chi connectivity index (χ4v) is 2.54. The van der Waals surface area contributed by atoms with Crippen molar-refractivity contribution in [3.8, 4) is 5.75 Å². The molecule has 0 aromatic heterocycles. The van der Waals surface area contributed by atoms with Crippen molar-refractivity contribution in [1.82, 2.24) is 16.0 Å². The lowest BCUT2D eigenvalue weighted by molar-refractivity contribution is 0.0951. The summed E-state index contributed by atoms with van der Waals surface area (Å²) >= 11 is 0. The Morgan fingerprint density at radius 2 is 1.79 bits per heavy atom. The van der Waals surface area contributed by atoms with Gasteiger partial charge in [-0.3, -0.25) is 4.79 Å². The van der Waals surface area contributed by atoms with Crippen LogP contribution in [0.15, 0.2) is 48.5 Å². The predicted octanol–water partition coefficient (Wildman–Crippen LogP) is 3.40. The van der Waals surface area contributed by atoms with Gasteiger partial charge in [0, 0.05) is 24.7 Å². The van der Waals surface area contributed by atoms with Crippen molar-refractivity contribution >= 4 is 11.9 Å². The molecule has 0 fully saturated rings. The maximum absolute atomic E-state index is 12.2. The van der Waals surface area contributed by atoms with Crippen LogP contribution in [0.1, 0.15) is 41.8 Å². The van der Waals surface area contributed by atoms with Gasteiger partial charge < -0.3 is 20.7 Å². The minimum atomic E-state index is -0.204. The van der Waals surface area contributed by atoms with Crippen LogP contribution in [0.3, 0.4) is 0 Å². The third-order valence-electron chi connectivity index (χ3n) is 3.95. The minimum absolute atomic E-state index is 0.0910. The van der Waals surface area contributed by atoms with Gasteiger partial charge in [-0.15, -0.1) is 0 Å². The van der Waals surface area contributed by atoms with Crippen molar-refractivity contribution in [3.05, 3.63) is 65.2 Å². The van der Waals surface area contributed by atoms with Crippen molar-refractivity contribution in [1.29, 1.82) is 0 Å². The number of benzene rings is 2. The van der Waals surface area contributed by atoms with Gasteiger partial charge in [0.2, 0.25) is 0 Å². The van der Waals surface area contributed by atoms with E-state index in [0.717, 1.165) is 23.3 Å². The van der Waals surface area contributed by atoms with Gasteiger partial charge in [0.25, 0.3) is 5.91 Å². The number of urea groups is 1. The second kappa shape index (κ2) is 11.0. The lowest BCUT2D eigenvalue weighted by Crippen LogP contribution is -2.39. The van der Waals surface area contributed by atoms with Crippen molar-refractivity contribution in [3.63, 3.8) is 0 Å². The quantitative estimate of drug-likeness (QED) is 0.581. The molecular formula is C22H29N3O3. The fourth-order valence-electron chi connectivity index (χ4n) is 2.54. The van der Waals surface area contributed by atoms with Crippen LogP contribution in [0.4, 0.5) is 4.79 Å². The van der Waals surface area contributed by atoms with Gasteiger partial charge in [0.15, 0.2) is 0 Å². The SMILES string of the molecule is Cc1cccc(OCCCNC(=O)c2ccc(CNC(=O)NC(C)C)cc2)c1. The summed E-state index contributed by atoms with van der Waals surface area (Å²) in [6, 6.07) is 15.0. The normalized spacial score (nSPS) is 10.4. The number of aryl methyl sites for hydroxylation is 1. The Balaban J connectivity index is 1.67. The first-order chi connectivity index (χ1) is 13.4. The maximum atomic E-state index is 12.2. The Morgan fingerprint density at radius 3 is 2.46 bits per heavy atom. The van der Waals surface area contributed by atoms with Gasteiger partial charge in [-0.05, 0) is 62.6 Å². The molecule has 0 bridgehead atoms. The zero-order valence-corrected chi connectivity index (χ0v) is 16.7. The topological polar surface area (TPSA) is 79.5 Å². The highest BCUT2D eigenvalue weighted by atomic mass is 16.5. The molecular weight excluding hydrogens is 354 g/mol. The molecule has 150 valence electrons. The predicted molar refractivity (Wildman–Crippen MR) is 111 cm³/mol. The average Bonchev–Trinajstić information content (AvgIpc) is 2.66. The summed E-state index contributed by atoms with van der Waals surface area (Å²) in [4.78, 5) is 23.8. The molecule has 0 spiro atoms. The summed E-state index contributed by atoms with van der Waals surface area (Å²) in [5.41, 5.74) is 2.68. The van der Waals surface area contributed by atoms with Crippen LogP contribution in [-0.2, 0) is 6.54 Å². The van der Waals surface area contributed by atoms with Gasteiger partial charge >= 0.3 is 6.03 Å². The number of hydrogen-bond donors (Lipinski definition) is 3. The third kappa shape index (κ3) is 7.70. The zero-order valence-electron chi connectivity index (χ0n) is 16.7. The third-order valence-corrected chi connectivity index (χ3v) is 3.95. The summed E-state index contributed by atoms with van der Waals surface area (Å²) in [7, 11) is 0. The molecule has 2 aromatic carbocycles.